The zero-order valence-electron chi connectivity index (χ0n) is 19.4. The first kappa shape index (κ1) is 31.1. The van der Waals surface area contributed by atoms with Gasteiger partial charge in [-0.25, -0.2) is 14.4 Å². The fourth-order valence-electron chi connectivity index (χ4n) is 2.44. The highest BCUT2D eigenvalue weighted by atomic mass is 19.4. The molecule has 0 spiro atoms. The molecule has 0 amide bonds. The number of nitrogen functional groups attached to an aromatic ring is 1. The summed E-state index contributed by atoms with van der Waals surface area (Å²) in [6.07, 6.45) is -7.76. The summed E-state index contributed by atoms with van der Waals surface area (Å²) in [5, 5.41) is 32.1. The first-order chi connectivity index (χ1) is 17.5. The molecular weight excluding hydrogens is 525 g/mol. The molecule has 0 bridgehead atoms. The predicted molar refractivity (Wildman–Crippen MR) is 117 cm³/mol. The number of halogens is 3. The number of aliphatic carboxylic acids is 3. The SMILES string of the molecule is CC(Cc1ccc(C(=O)Oc2ccc(C(=N)N)cc2)o1)C(=O)O[C@H](CC(=O)O)C(=O)O.O=C(O)C(F)(F)F. The number of esters is 2. The zero-order chi connectivity index (χ0) is 29.2. The minimum atomic E-state index is -5.08. The van der Waals surface area contributed by atoms with Gasteiger partial charge in [-0.05, 0) is 36.4 Å². The number of ether oxygens (including phenoxy) is 2. The molecule has 2 rings (SSSR count). The number of hydrogen-bond donors (Lipinski definition) is 5. The molecule has 0 saturated heterocycles. The van der Waals surface area contributed by atoms with Crippen LogP contribution in [0.1, 0.15) is 35.2 Å². The fraction of sp³-hybridized carbons (Fsp3) is 0.273. The lowest BCUT2D eigenvalue weighted by molar-refractivity contribution is -0.192. The number of hydrogen-bond acceptors (Lipinski definition) is 9. The van der Waals surface area contributed by atoms with Crippen LogP contribution in [0.2, 0.25) is 0 Å². The third kappa shape index (κ3) is 10.4. The summed E-state index contributed by atoms with van der Waals surface area (Å²) in [5.41, 5.74) is 5.82. The van der Waals surface area contributed by atoms with Crippen molar-refractivity contribution in [3.05, 3.63) is 53.5 Å². The molecule has 206 valence electrons. The maximum Gasteiger partial charge on any atom is 0.490 e. The Morgan fingerprint density at radius 3 is 2.03 bits per heavy atom. The lowest BCUT2D eigenvalue weighted by Crippen LogP contribution is -2.32. The lowest BCUT2D eigenvalue weighted by Gasteiger charge is -2.15. The number of alkyl halides is 3. The van der Waals surface area contributed by atoms with Crippen LogP contribution in [0, 0.1) is 11.3 Å². The number of carboxylic acids is 3. The van der Waals surface area contributed by atoms with Crippen molar-refractivity contribution < 1.29 is 66.4 Å². The Kier molecular flexibility index (Phi) is 11.0. The molecule has 2 aromatic rings. The minimum Gasteiger partial charge on any atom is -0.481 e. The van der Waals surface area contributed by atoms with E-state index in [4.69, 9.17) is 45.1 Å². The van der Waals surface area contributed by atoms with Gasteiger partial charge in [-0.1, -0.05) is 6.92 Å². The molecule has 0 aliphatic carbocycles. The van der Waals surface area contributed by atoms with Gasteiger partial charge in [0.1, 0.15) is 17.3 Å². The number of carboxylic acid groups (broad SMARTS) is 3. The van der Waals surface area contributed by atoms with E-state index in [-0.39, 0.29) is 29.5 Å². The van der Waals surface area contributed by atoms with E-state index >= 15 is 0 Å². The Hall–Kier alpha value is -4.89. The van der Waals surface area contributed by atoms with E-state index < -0.39 is 54.5 Å². The molecule has 0 saturated carbocycles. The molecule has 0 aliphatic heterocycles. The minimum absolute atomic E-state index is 0.0150. The van der Waals surface area contributed by atoms with Gasteiger partial charge >= 0.3 is 36.0 Å². The predicted octanol–water partition coefficient (Wildman–Crippen LogP) is 2.07. The maximum absolute atomic E-state index is 12.2. The molecule has 1 unspecified atom stereocenters. The highest BCUT2D eigenvalue weighted by molar-refractivity contribution is 5.95. The van der Waals surface area contributed by atoms with Crippen molar-refractivity contribution in [3.8, 4) is 5.75 Å². The van der Waals surface area contributed by atoms with Gasteiger partial charge in [-0.3, -0.25) is 15.0 Å². The first-order valence-electron chi connectivity index (χ1n) is 10.2. The normalized spacial score (nSPS) is 12.2. The summed E-state index contributed by atoms with van der Waals surface area (Å²) < 4.78 is 47.0. The van der Waals surface area contributed by atoms with Crippen LogP contribution in [-0.2, 0) is 30.3 Å². The summed E-state index contributed by atoms with van der Waals surface area (Å²) in [6, 6.07) is 8.76. The molecule has 1 aromatic heterocycles. The van der Waals surface area contributed by atoms with E-state index in [9.17, 15) is 32.3 Å². The molecule has 16 heteroatoms. The second-order valence-electron chi connectivity index (χ2n) is 7.36. The van der Waals surface area contributed by atoms with Crippen molar-refractivity contribution in [1.29, 1.82) is 5.41 Å². The highest BCUT2D eigenvalue weighted by Crippen LogP contribution is 2.18. The monoisotopic (exact) mass is 546 g/mol. The molecule has 0 aliphatic rings. The van der Waals surface area contributed by atoms with Crippen molar-refractivity contribution >= 4 is 35.7 Å². The fourth-order valence-corrected chi connectivity index (χ4v) is 2.44. The van der Waals surface area contributed by atoms with Gasteiger partial charge in [0.05, 0.1) is 12.3 Å². The molecule has 2 atom stereocenters. The number of carbonyl (C=O) groups excluding carboxylic acids is 2. The first-order valence-corrected chi connectivity index (χ1v) is 10.2. The summed E-state index contributed by atoms with van der Waals surface area (Å²) in [5.74, 6) is -8.10. The summed E-state index contributed by atoms with van der Waals surface area (Å²) >= 11 is 0. The number of furan rings is 1. The Morgan fingerprint density at radius 1 is 1.03 bits per heavy atom. The molecule has 13 nitrogen and oxygen atoms in total. The molecule has 6 N–H and O–H groups in total. The van der Waals surface area contributed by atoms with Crippen LogP contribution in [0.3, 0.4) is 0 Å². The number of nitrogens with one attached hydrogen (secondary N) is 1. The van der Waals surface area contributed by atoms with E-state index in [0.29, 0.717) is 5.56 Å². The standard InChI is InChI=1S/C20H20N2O9.C2HF3O2/c1-10(19(27)31-15(18(25)26)9-16(23)24)8-13-6-7-14(29-13)20(28)30-12-4-2-11(3-5-12)17(21)22;3-2(4,5)1(6)7/h2-7,10,15H,8-9H2,1H3,(H3,21,22)(H,23,24)(H,25,26);(H,6,7)/t10?,15-;/m1./s1. The van der Waals surface area contributed by atoms with Crippen molar-refractivity contribution in [2.45, 2.75) is 32.0 Å². The Morgan fingerprint density at radius 2 is 1.58 bits per heavy atom. The lowest BCUT2D eigenvalue weighted by atomic mass is 10.1. The van der Waals surface area contributed by atoms with Crippen LogP contribution in [0.5, 0.6) is 5.75 Å². The summed E-state index contributed by atoms with van der Waals surface area (Å²) in [7, 11) is 0. The Bertz CT molecular complexity index is 1190. The van der Waals surface area contributed by atoms with Gasteiger partial charge in [-0.2, -0.15) is 13.2 Å². The number of carbonyl (C=O) groups is 5. The van der Waals surface area contributed by atoms with E-state index in [1.165, 1.54) is 43.3 Å². The van der Waals surface area contributed by atoms with Crippen molar-refractivity contribution in [3.63, 3.8) is 0 Å². The van der Waals surface area contributed by atoms with Crippen LogP contribution in [0.25, 0.3) is 0 Å². The van der Waals surface area contributed by atoms with Gasteiger partial charge in [0.2, 0.25) is 11.9 Å². The second-order valence-corrected chi connectivity index (χ2v) is 7.36. The van der Waals surface area contributed by atoms with Crippen LogP contribution < -0.4 is 10.5 Å². The van der Waals surface area contributed by atoms with Gasteiger partial charge in [0, 0.05) is 12.0 Å². The molecular formula is C22H21F3N2O11. The van der Waals surface area contributed by atoms with Crippen LogP contribution >= 0.6 is 0 Å². The topological polar surface area (TPSA) is 228 Å². The number of nitrogens with two attached hydrogens (primary N) is 1. The molecule has 0 fully saturated rings. The van der Waals surface area contributed by atoms with Crippen LogP contribution in [0.4, 0.5) is 13.2 Å². The van der Waals surface area contributed by atoms with Crippen molar-refractivity contribution in [1.82, 2.24) is 0 Å². The van der Waals surface area contributed by atoms with Gasteiger partial charge in [0.15, 0.2) is 0 Å². The van der Waals surface area contributed by atoms with Gasteiger partial charge in [0.25, 0.3) is 0 Å². The van der Waals surface area contributed by atoms with Gasteiger partial charge < -0.3 is 34.9 Å². The molecule has 38 heavy (non-hydrogen) atoms. The maximum atomic E-state index is 12.2. The van der Waals surface area contributed by atoms with E-state index in [0.717, 1.165) is 0 Å². The van der Waals surface area contributed by atoms with Crippen LogP contribution in [-0.4, -0.2) is 63.3 Å². The Balaban J connectivity index is 0.000000905. The van der Waals surface area contributed by atoms with Gasteiger partial charge in [-0.15, -0.1) is 0 Å². The largest absolute Gasteiger partial charge is 0.490 e. The second kappa shape index (κ2) is 13.4. The highest BCUT2D eigenvalue weighted by Gasteiger charge is 2.38. The third-order valence-corrected chi connectivity index (χ3v) is 4.28. The van der Waals surface area contributed by atoms with E-state index in [2.05, 4.69) is 0 Å². The number of rotatable bonds is 10. The van der Waals surface area contributed by atoms with Crippen molar-refractivity contribution in [2.75, 3.05) is 0 Å². The Labute approximate surface area is 211 Å². The van der Waals surface area contributed by atoms with E-state index in [1.807, 2.05) is 0 Å². The quantitative estimate of drug-likeness (QED) is 0.125. The molecule has 0 radical (unpaired) electrons. The summed E-state index contributed by atoms with van der Waals surface area (Å²) in [4.78, 5) is 54.8. The van der Waals surface area contributed by atoms with Crippen molar-refractivity contribution in [2.24, 2.45) is 11.7 Å². The third-order valence-electron chi connectivity index (χ3n) is 4.28. The van der Waals surface area contributed by atoms with Crippen LogP contribution in [0.15, 0.2) is 40.8 Å². The molecule has 1 heterocycles. The summed E-state index contributed by atoms with van der Waals surface area (Å²) in [6.45, 7) is 1.44. The average molecular weight is 546 g/mol. The molecule has 1 aromatic carbocycles. The number of benzene rings is 1. The number of amidine groups is 1. The smallest absolute Gasteiger partial charge is 0.481 e. The zero-order valence-corrected chi connectivity index (χ0v) is 19.4. The average Bonchev–Trinajstić information content (AvgIpc) is 3.27. The van der Waals surface area contributed by atoms with E-state index in [1.54, 1.807) is 0 Å².